The molecule has 130 valence electrons. The Labute approximate surface area is 144 Å². The molecule has 2 aromatic rings. The van der Waals surface area contributed by atoms with Crippen molar-refractivity contribution in [2.24, 2.45) is 11.8 Å². The van der Waals surface area contributed by atoms with Crippen LogP contribution in [0.5, 0.6) is 0 Å². The van der Waals surface area contributed by atoms with E-state index in [0.717, 1.165) is 28.9 Å². The Kier molecular flexibility index (Phi) is 4.53. The number of nitrogens with one attached hydrogen (secondary N) is 2. The van der Waals surface area contributed by atoms with Crippen molar-refractivity contribution in [2.45, 2.75) is 20.3 Å². The highest BCUT2D eigenvalue weighted by atomic mass is 19.1. The van der Waals surface area contributed by atoms with Crippen LogP contribution < -0.4 is 10.6 Å². The lowest BCUT2D eigenvalue weighted by atomic mass is 10.1. The van der Waals surface area contributed by atoms with E-state index in [2.05, 4.69) is 10.6 Å². The Morgan fingerprint density at radius 1 is 0.960 bits per heavy atom. The summed E-state index contributed by atoms with van der Waals surface area (Å²) in [5.74, 6) is -3.17. The smallest absolute Gasteiger partial charge is 0.228 e. The first-order valence-corrected chi connectivity index (χ1v) is 8.00. The molecule has 0 heterocycles. The van der Waals surface area contributed by atoms with Gasteiger partial charge in [0.05, 0.1) is 17.5 Å². The fourth-order valence-corrected chi connectivity index (χ4v) is 2.70. The van der Waals surface area contributed by atoms with Crippen molar-refractivity contribution in [3.05, 3.63) is 59.2 Å². The summed E-state index contributed by atoms with van der Waals surface area (Å²) in [4.78, 5) is 24.5. The lowest BCUT2D eigenvalue weighted by Gasteiger charge is -2.10. The van der Waals surface area contributed by atoms with Crippen LogP contribution in [-0.2, 0) is 9.59 Å². The van der Waals surface area contributed by atoms with Crippen molar-refractivity contribution < 1.29 is 18.4 Å². The van der Waals surface area contributed by atoms with Crippen molar-refractivity contribution in [1.29, 1.82) is 0 Å². The molecule has 2 unspecified atom stereocenters. The van der Waals surface area contributed by atoms with Crippen LogP contribution in [0.2, 0.25) is 0 Å². The lowest BCUT2D eigenvalue weighted by molar-refractivity contribution is -0.122. The molecule has 1 aliphatic rings. The number of halogens is 2. The second-order valence-corrected chi connectivity index (χ2v) is 6.30. The van der Waals surface area contributed by atoms with E-state index < -0.39 is 29.4 Å². The molecule has 2 N–H and O–H groups in total. The van der Waals surface area contributed by atoms with Gasteiger partial charge in [-0.3, -0.25) is 9.59 Å². The number of hydrogen-bond donors (Lipinski definition) is 2. The van der Waals surface area contributed by atoms with Gasteiger partial charge in [0.1, 0.15) is 11.6 Å². The Balaban J connectivity index is 1.61. The van der Waals surface area contributed by atoms with E-state index in [4.69, 9.17) is 0 Å². The summed E-state index contributed by atoms with van der Waals surface area (Å²) in [5.41, 5.74) is 2.67. The van der Waals surface area contributed by atoms with E-state index in [0.29, 0.717) is 12.5 Å². The average molecular weight is 344 g/mol. The van der Waals surface area contributed by atoms with Gasteiger partial charge in [0.2, 0.25) is 11.8 Å². The Hall–Kier alpha value is -2.76. The molecule has 1 saturated carbocycles. The van der Waals surface area contributed by atoms with E-state index in [-0.39, 0.29) is 11.6 Å². The van der Waals surface area contributed by atoms with Gasteiger partial charge in [0.25, 0.3) is 0 Å². The molecular formula is C19H18F2N2O2. The van der Waals surface area contributed by atoms with Crippen molar-refractivity contribution in [3.8, 4) is 0 Å². The number of carbonyl (C=O) groups is 2. The molecule has 3 rings (SSSR count). The summed E-state index contributed by atoms with van der Waals surface area (Å²) in [6, 6.07) is 8.55. The Morgan fingerprint density at radius 2 is 1.60 bits per heavy atom. The van der Waals surface area contributed by atoms with Gasteiger partial charge < -0.3 is 10.6 Å². The Morgan fingerprint density at radius 3 is 2.24 bits per heavy atom. The maximum atomic E-state index is 13.6. The van der Waals surface area contributed by atoms with E-state index in [1.54, 1.807) is 0 Å². The molecule has 1 fully saturated rings. The molecule has 0 saturated heterocycles. The first-order valence-electron chi connectivity index (χ1n) is 8.00. The van der Waals surface area contributed by atoms with Crippen LogP contribution in [0.4, 0.5) is 20.2 Å². The van der Waals surface area contributed by atoms with E-state index in [1.165, 1.54) is 0 Å². The van der Waals surface area contributed by atoms with Crippen LogP contribution in [0.1, 0.15) is 17.5 Å². The lowest BCUT2D eigenvalue weighted by Crippen LogP contribution is -2.21. The summed E-state index contributed by atoms with van der Waals surface area (Å²) < 4.78 is 26.5. The third kappa shape index (κ3) is 3.68. The molecule has 0 spiro atoms. The minimum absolute atomic E-state index is 0.0908. The van der Waals surface area contributed by atoms with Crippen molar-refractivity contribution >= 4 is 23.2 Å². The molecular weight excluding hydrogens is 326 g/mol. The number of anilines is 2. The normalized spacial score (nSPS) is 18.6. The number of aryl methyl sites for hydroxylation is 1. The summed E-state index contributed by atoms with van der Waals surface area (Å²) in [6.07, 6.45) is 0.408. The molecule has 0 bridgehead atoms. The van der Waals surface area contributed by atoms with Gasteiger partial charge in [-0.1, -0.05) is 12.1 Å². The van der Waals surface area contributed by atoms with Gasteiger partial charge in [-0.25, -0.2) is 8.78 Å². The van der Waals surface area contributed by atoms with Gasteiger partial charge >= 0.3 is 0 Å². The molecule has 6 heteroatoms. The van der Waals surface area contributed by atoms with Crippen molar-refractivity contribution in [2.75, 3.05) is 10.6 Å². The van der Waals surface area contributed by atoms with E-state index in [1.807, 2.05) is 32.0 Å². The number of rotatable bonds is 4. The highest BCUT2D eigenvalue weighted by Crippen LogP contribution is 2.40. The van der Waals surface area contributed by atoms with Crippen LogP contribution in [0.15, 0.2) is 36.4 Å². The zero-order chi connectivity index (χ0) is 18.1. The predicted molar refractivity (Wildman–Crippen MR) is 91.1 cm³/mol. The maximum absolute atomic E-state index is 13.6. The maximum Gasteiger partial charge on any atom is 0.228 e. The summed E-state index contributed by atoms with van der Waals surface area (Å²) in [7, 11) is 0. The van der Waals surface area contributed by atoms with Crippen LogP contribution in [0, 0.1) is 37.3 Å². The molecule has 2 aromatic carbocycles. The van der Waals surface area contributed by atoms with Gasteiger partial charge in [-0.15, -0.1) is 0 Å². The quantitative estimate of drug-likeness (QED) is 0.886. The minimum atomic E-state index is -0.842. The first kappa shape index (κ1) is 17.1. The molecule has 1 aliphatic carbocycles. The van der Waals surface area contributed by atoms with Crippen molar-refractivity contribution in [3.63, 3.8) is 0 Å². The molecule has 0 aromatic heterocycles. The van der Waals surface area contributed by atoms with E-state index in [9.17, 15) is 18.4 Å². The third-order valence-corrected chi connectivity index (χ3v) is 4.52. The van der Waals surface area contributed by atoms with Crippen LogP contribution in [0.25, 0.3) is 0 Å². The SMILES string of the molecule is Cc1cccc(NC(=O)C2CC2C(=O)Nc2ccc(F)cc2F)c1C. The van der Waals surface area contributed by atoms with Crippen molar-refractivity contribution in [1.82, 2.24) is 0 Å². The largest absolute Gasteiger partial charge is 0.326 e. The van der Waals surface area contributed by atoms with Crippen LogP contribution in [0.3, 0.4) is 0 Å². The third-order valence-electron chi connectivity index (χ3n) is 4.52. The number of carbonyl (C=O) groups excluding carboxylic acids is 2. The minimum Gasteiger partial charge on any atom is -0.326 e. The molecule has 25 heavy (non-hydrogen) atoms. The zero-order valence-electron chi connectivity index (χ0n) is 13.9. The molecule has 0 aliphatic heterocycles. The second kappa shape index (κ2) is 6.63. The second-order valence-electron chi connectivity index (χ2n) is 6.30. The molecule has 0 radical (unpaired) electrons. The Bertz CT molecular complexity index is 851. The number of amides is 2. The summed E-state index contributed by atoms with van der Waals surface area (Å²) >= 11 is 0. The monoisotopic (exact) mass is 344 g/mol. The van der Waals surface area contributed by atoms with Gasteiger partial charge in [0, 0.05) is 11.8 Å². The van der Waals surface area contributed by atoms with Gasteiger partial charge in [-0.2, -0.15) is 0 Å². The van der Waals surface area contributed by atoms with Crippen LogP contribution in [-0.4, -0.2) is 11.8 Å². The first-order chi connectivity index (χ1) is 11.9. The fraction of sp³-hybridized carbons (Fsp3) is 0.263. The molecule has 4 nitrogen and oxygen atoms in total. The van der Waals surface area contributed by atoms with E-state index >= 15 is 0 Å². The standard InChI is InChI=1S/C19H18F2N2O2/c1-10-4-3-5-16(11(10)2)22-18(24)13-9-14(13)19(25)23-17-7-6-12(20)8-15(17)21/h3-8,13-14H,9H2,1-2H3,(H,22,24)(H,23,25). The van der Waals surface area contributed by atoms with Crippen LogP contribution >= 0.6 is 0 Å². The molecule has 2 atom stereocenters. The predicted octanol–water partition coefficient (Wildman–Crippen LogP) is 3.79. The summed E-state index contributed by atoms with van der Waals surface area (Å²) in [5, 5.41) is 5.25. The highest BCUT2D eigenvalue weighted by Gasteiger charge is 2.48. The number of hydrogen-bond acceptors (Lipinski definition) is 2. The number of benzene rings is 2. The fourth-order valence-electron chi connectivity index (χ4n) is 2.70. The average Bonchev–Trinajstić information content (AvgIpc) is 3.35. The summed E-state index contributed by atoms with van der Waals surface area (Å²) in [6.45, 7) is 3.87. The molecule has 2 amide bonds. The highest BCUT2D eigenvalue weighted by molar-refractivity contribution is 6.03. The van der Waals surface area contributed by atoms with Gasteiger partial charge in [-0.05, 0) is 49.6 Å². The zero-order valence-corrected chi connectivity index (χ0v) is 13.9. The van der Waals surface area contributed by atoms with Gasteiger partial charge in [0.15, 0.2) is 0 Å². The topological polar surface area (TPSA) is 58.2 Å².